The number of carboxylic acid groups (broad SMARTS) is 1. The maximum absolute atomic E-state index is 11.9. The Kier molecular flexibility index (Phi) is 4.22. The van der Waals surface area contributed by atoms with E-state index in [4.69, 9.17) is 9.84 Å². The first kappa shape index (κ1) is 13.3. The first-order valence-electron chi connectivity index (χ1n) is 6.69. The van der Waals surface area contributed by atoms with Crippen LogP contribution in [0.1, 0.15) is 38.5 Å². The molecule has 5 heteroatoms. The summed E-state index contributed by atoms with van der Waals surface area (Å²) in [6.45, 7) is 1.13. The predicted molar refractivity (Wildman–Crippen MR) is 65.2 cm³/mol. The number of hydrogen-bond donors (Lipinski definition) is 1. The highest BCUT2D eigenvalue weighted by atomic mass is 16.5. The van der Waals surface area contributed by atoms with Crippen LogP contribution in [0.25, 0.3) is 0 Å². The van der Waals surface area contributed by atoms with E-state index in [1.807, 2.05) is 4.90 Å². The van der Waals surface area contributed by atoms with Crippen LogP contribution < -0.4 is 0 Å². The molecular formula is C13H21NO4. The Hall–Kier alpha value is -1.10. The first-order valence-corrected chi connectivity index (χ1v) is 6.69. The molecule has 18 heavy (non-hydrogen) atoms. The van der Waals surface area contributed by atoms with Crippen LogP contribution in [0.5, 0.6) is 0 Å². The predicted octanol–water partition coefficient (Wildman–Crippen LogP) is 1.27. The number of rotatable bonds is 4. The van der Waals surface area contributed by atoms with E-state index in [-0.39, 0.29) is 12.5 Å². The van der Waals surface area contributed by atoms with Gasteiger partial charge in [0.1, 0.15) is 13.2 Å². The molecular weight excluding hydrogens is 234 g/mol. The van der Waals surface area contributed by atoms with Gasteiger partial charge >= 0.3 is 5.97 Å². The van der Waals surface area contributed by atoms with Gasteiger partial charge in [-0.2, -0.15) is 0 Å². The summed E-state index contributed by atoms with van der Waals surface area (Å²) in [5.74, 6) is -1.10. The van der Waals surface area contributed by atoms with E-state index in [0.717, 1.165) is 19.5 Å². The van der Waals surface area contributed by atoms with Crippen molar-refractivity contribution in [2.75, 3.05) is 26.3 Å². The zero-order chi connectivity index (χ0) is 13.0. The normalized spacial score (nSPS) is 22.3. The van der Waals surface area contributed by atoms with Gasteiger partial charge in [-0.05, 0) is 24.7 Å². The molecule has 0 aromatic carbocycles. The van der Waals surface area contributed by atoms with Crippen LogP contribution in [-0.4, -0.2) is 48.2 Å². The third kappa shape index (κ3) is 3.22. The van der Waals surface area contributed by atoms with E-state index in [1.54, 1.807) is 0 Å². The second kappa shape index (κ2) is 5.69. The van der Waals surface area contributed by atoms with E-state index in [0.29, 0.717) is 5.41 Å². The third-order valence-electron chi connectivity index (χ3n) is 4.16. The second-order valence-electron chi connectivity index (χ2n) is 5.51. The highest BCUT2D eigenvalue weighted by Gasteiger charge is 2.40. The van der Waals surface area contributed by atoms with E-state index in [1.165, 1.54) is 32.1 Å². The quantitative estimate of drug-likeness (QED) is 0.821. The number of nitrogens with zero attached hydrogens (tertiary/aromatic N) is 1. The van der Waals surface area contributed by atoms with Gasteiger partial charge in [0.25, 0.3) is 0 Å². The van der Waals surface area contributed by atoms with Gasteiger partial charge in [0.15, 0.2) is 0 Å². The number of ether oxygens (including phenoxy) is 1. The Morgan fingerprint density at radius 1 is 1.11 bits per heavy atom. The van der Waals surface area contributed by atoms with Crippen LogP contribution >= 0.6 is 0 Å². The van der Waals surface area contributed by atoms with Crippen molar-refractivity contribution in [3.05, 3.63) is 0 Å². The molecule has 0 unspecified atom stereocenters. The smallest absolute Gasteiger partial charge is 0.329 e. The fraction of sp³-hybridized carbons (Fsp3) is 0.846. The van der Waals surface area contributed by atoms with Gasteiger partial charge in [-0.1, -0.05) is 19.3 Å². The highest BCUT2D eigenvalue weighted by Crippen LogP contribution is 2.43. The molecule has 0 bridgehead atoms. The van der Waals surface area contributed by atoms with E-state index in [9.17, 15) is 9.59 Å². The minimum Gasteiger partial charge on any atom is -0.480 e. The fourth-order valence-corrected chi connectivity index (χ4v) is 3.17. The third-order valence-corrected chi connectivity index (χ3v) is 4.16. The molecule has 1 heterocycles. The summed E-state index contributed by atoms with van der Waals surface area (Å²) in [6, 6.07) is 0. The van der Waals surface area contributed by atoms with Crippen molar-refractivity contribution in [3.63, 3.8) is 0 Å². The standard InChI is InChI=1S/C13H21NO4/c15-11(8-18-9-12(16)17)14-7-6-13(10-14)4-2-1-3-5-13/h1-10H2,(H,16,17). The Labute approximate surface area is 107 Å². The molecule has 1 N–H and O–H groups in total. The second-order valence-corrected chi connectivity index (χ2v) is 5.51. The maximum atomic E-state index is 11.9. The molecule has 2 fully saturated rings. The number of hydrogen-bond acceptors (Lipinski definition) is 3. The number of carbonyl (C=O) groups excluding carboxylic acids is 1. The molecule has 2 aliphatic rings. The SMILES string of the molecule is O=C(O)COCC(=O)N1CCC2(CCCCC2)C1. The summed E-state index contributed by atoms with van der Waals surface area (Å²) in [5, 5.41) is 8.44. The van der Waals surface area contributed by atoms with Crippen molar-refractivity contribution in [1.82, 2.24) is 4.90 Å². The molecule has 1 aliphatic carbocycles. The Morgan fingerprint density at radius 2 is 1.83 bits per heavy atom. The van der Waals surface area contributed by atoms with E-state index in [2.05, 4.69) is 0 Å². The van der Waals surface area contributed by atoms with Gasteiger partial charge in [-0.15, -0.1) is 0 Å². The Morgan fingerprint density at radius 3 is 2.50 bits per heavy atom. The number of likely N-dealkylation sites (tertiary alicyclic amines) is 1. The fourth-order valence-electron chi connectivity index (χ4n) is 3.17. The molecule has 1 amide bonds. The lowest BCUT2D eigenvalue weighted by atomic mass is 9.73. The van der Waals surface area contributed by atoms with Crippen LogP contribution in [0.15, 0.2) is 0 Å². The molecule has 1 spiro atoms. The minimum atomic E-state index is -1.03. The molecule has 0 atom stereocenters. The largest absolute Gasteiger partial charge is 0.480 e. The highest BCUT2D eigenvalue weighted by molar-refractivity contribution is 5.78. The van der Waals surface area contributed by atoms with Gasteiger partial charge in [-0.3, -0.25) is 4.79 Å². The van der Waals surface area contributed by atoms with E-state index < -0.39 is 12.6 Å². The molecule has 1 saturated carbocycles. The number of carboxylic acids is 1. The molecule has 0 radical (unpaired) electrons. The van der Waals surface area contributed by atoms with Crippen molar-refractivity contribution < 1.29 is 19.4 Å². The molecule has 0 aromatic heterocycles. The van der Waals surface area contributed by atoms with Crippen LogP contribution in [0.2, 0.25) is 0 Å². The van der Waals surface area contributed by atoms with E-state index >= 15 is 0 Å². The van der Waals surface area contributed by atoms with Crippen LogP contribution in [0.3, 0.4) is 0 Å². The van der Waals surface area contributed by atoms with Gasteiger partial charge in [-0.25, -0.2) is 4.79 Å². The molecule has 5 nitrogen and oxygen atoms in total. The lowest BCUT2D eigenvalue weighted by Crippen LogP contribution is -2.35. The maximum Gasteiger partial charge on any atom is 0.329 e. The van der Waals surface area contributed by atoms with Crippen molar-refractivity contribution in [1.29, 1.82) is 0 Å². The van der Waals surface area contributed by atoms with Gasteiger partial charge in [0.2, 0.25) is 5.91 Å². The number of amides is 1. The van der Waals surface area contributed by atoms with Gasteiger partial charge in [0, 0.05) is 13.1 Å². The van der Waals surface area contributed by atoms with Crippen LogP contribution in [0.4, 0.5) is 0 Å². The monoisotopic (exact) mass is 255 g/mol. The molecule has 0 aromatic rings. The number of carbonyl (C=O) groups is 2. The zero-order valence-corrected chi connectivity index (χ0v) is 10.7. The number of aliphatic carboxylic acids is 1. The average Bonchev–Trinajstić information content (AvgIpc) is 2.73. The summed E-state index contributed by atoms with van der Waals surface area (Å²) >= 11 is 0. The average molecular weight is 255 g/mol. The van der Waals surface area contributed by atoms with Crippen molar-refractivity contribution in [3.8, 4) is 0 Å². The summed E-state index contributed by atoms with van der Waals surface area (Å²) in [5.41, 5.74) is 0.348. The minimum absolute atomic E-state index is 0.0706. The molecule has 2 rings (SSSR count). The lowest BCUT2D eigenvalue weighted by molar-refractivity contribution is -0.145. The zero-order valence-electron chi connectivity index (χ0n) is 10.7. The summed E-state index contributed by atoms with van der Waals surface area (Å²) in [6.07, 6.45) is 7.42. The van der Waals surface area contributed by atoms with Gasteiger partial charge in [0.05, 0.1) is 0 Å². The summed E-state index contributed by atoms with van der Waals surface area (Å²) in [7, 11) is 0. The topological polar surface area (TPSA) is 66.8 Å². The van der Waals surface area contributed by atoms with Gasteiger partial charge < -0.3 is 14.7 Å². The van der Waals surface area contributed by atoms with Crippen molar-refractivity contribution in [2.24, 2.45) is 5.41 Å². The Balaban J connectivity index is 1.77. The Bertz CT molecular complexity index is 323. The molecule has 1 saturated heterocycles. The lowest BCUT2D eigenvalue weighted by Gasteiger charge is -2.33. The first-order chi connectivity index (χ1) is 8.61. The van der Waals surface area contributed by atoms with Crippen LogP contribution in [0, 0.1) is 5.41 Å². The summed E-state index contributed by atoms with van der Waals surface area (Å²) < 4.78 is 4.85. The molecule has 102 valence electrons. The van der Waals surface area contributed by atoms with Crippen molar-refractivity contribution in [2.45, 2.75) is 38.5 Å². The summed E-state index contributed by atoms with van der Waals surface area (Å²) in [4.78, 5) is 24.0. The van der Waals surface area contributed by atoms with Crippen molar-refractivity contribution >= 4 is 11.9 Å². The van der Waals surface area contributed by atoms with Crippen LogP contribution in [-0.2, 0) is 14.3 Å². The molecule has 1 aliphatic heterocycles.